The molecule has 4 amide bonds. The number of likely N-dealkylation sites (tertiary alicyclic amines) is 1. The van der Waals surface area contributed by atoms with Gasteiger partial charge in [-0.25, -0.2) is 0 Å². The van der Waals surface area contributed by atoms with E-state index >= 15 is 0 Å². The number of likely N-dealkylation sites (N-methyl/N-ethyl adjacent to an activating group) is 2. The summed E-state index contributed by atoms with van der Waals surface area (Å²) in [6.07, 6.45) is 9.47. The first kappa shape index (κ1) is 50.7. The van der Waals surface area contributed by atoms with Gasteiger partial charge in [-0.1, -0.05) is 30.3 Å². The number of carboxylic acid groups (broad SMARTS) is 1. The van der Waals surface area contributed by atoms with Gasteiger partial charge in [0.1, 0.15) is 0 Å². The van der Waals surface area contributed by atoms with Crippen LogP contribution in [-0.2, 0) is 30.2 Å². The number of piperidine rings is 1. The van der Waals surface area contributed by atoms with Crippen LogP contribution >= 0.6 is 0 Å². The molecule has 2 unspecified atom stereocenters. The molecule has 1 aromatic heterocycles. The molecule has 0 radical (unpaired) electrons. The molecule has 2 fully saturated rings. The normalized spacial score (nSPS) is 16.9. The number of amides is 4. The molecule has 1 aliphatic carbocycles. The third kappa shape index (κ3) is 14.2. The number of aryl methyl sites for hydroxylation is 1. The van der Waals surface area contributed by atoms with Crippen molar-refractivity contribution in [2.24, 2.45) is 0 Å². The Morgan fingerprint density at radius 3 is 2.25 bits per heavy atom. The predicted octanol–water partition coefficient (Wildman–Crippen LogP) is 6.32. The molecule has 0 bridgehead atoms. The number of hydrogen-bond acceptors (Lipinski definition) is 11. The van der Waals surface area contributed by atoms with Gasteiger partial charge < -0.3 is 44.7 Å². The molecule has 3 heterocycles. The van der Waals surface area contributed by atoms with Gasteiger partial charge >= 0.3 is 5.97 Å². The second-order valence-electron chi connectivity index (χ2n) is 18.0. The van der Waals surface area contributed by atoms with Crippen LogP contribution < -0.4 is 15.5 Å². The fourth-order valence-corrected chi connectivity index (χ4v) is 9.30. The Bertz CT molecular complexity index is 2390. The maximum atomic E-state index is 14.1. The van der Waals surface area contributed by atoms with E-state index in [1.165, 1.54) is 12.0 Å². The summed E-state index contributed by atoms with van der Waals surface area (Å²) in [4.78, 5) is 78.1. The number of rotatable bonds is 23. The average Bonchev–Trinajstić information content (AvgIpc) is 3.86. The van der Waals surface area contributed by atoms with Crippen LogP contribution in [0.15, 0.2) is 85.1 Å². The Labute approximate surface area is 405 Å². The largest absolute Gasteiger partial charge is 0.481 e. The fourth-order valence-electron chi connectivity index (χ4n) is 9.30. The van der Waals surface area contributed by atoms with Crippen LogP contribution in [0.25, 0.3) is 11.3 Å². The zero-order valence-corrected chi connectivity index (χ0v) is 40.0. The standard InChI is InChI=1S/C53H67N7O9/c1-57(26-27-60-25-10-17-48(60)53(66)58(2)28-30-68-32-34-69-33-31-67-29-21-49(61)62)52(65)41-14-8-13-39(35-41)50(63)56-46-19-18-42(59-23-6-3-7-24-59)37-44(46)47-36-40(20-22-54-47)51(64)55-45-16-9-12-38-11-4-5-15-43(38)45/h4-5,8,11,13-15,18-20,22,35-37,45,48H,3,6-7,9-10,12,16-17,21,23-34H2,1-2H3,(H,55,64)(H,56,63)(H,61,62). The van der Waals surface area contributed by atoms with Crippen LogP contribution in [0.5, 0.6) is 0 Å². The summed E-state index contributed by atoms with van der Waals surface area (Å²) in [5, 5.41) is 15.0. The molecule has 2 atom stereocenters. The number of aromatic nitrogens is 1. The Hall–Kier alpha value is -6.20. The van der Waals surface area contributed by atoms with Crippen LogP contribution in [0.3, 0.4) is 0 Å². The van der Waals surface area contributed by atoms with E-state index in [9.17, 15) is 24.0 Å². The van der Waals surface area contributed by atoms with Gasteiger partial charge in [0, 0.05) is 81.0 Å². The van der Waals surface area contributed by atoms with Gasteiger partial charge in [0.15, 0.2) is 0 Å². The number of carbonyl (C=O) groups excluding carboxylic acids is 4. The maximum absolute atomic E-state index is 14.1. The van der Waals surface area contributed by atoms with Crippen molar-refractivity contribution >= 4 is 41.0 Å². The number of nitrogens with one attached hydrogen (secondary N) is 2. The van der Waals surface area contributed by atoms with Crippen molar-refractivity contribution in [2.45, 2.75) is 69.9 Å². The molecule has 368 valence electrons. The minimum atomic E-state index is -0.902. The molecule has 3 aromatic carbocycles. The van der Waals surface area contributed by atoms with Crippen LogP contribution in [0.2, 0.25) is 0 Å². The Kier molecular flexibility index (Phi) is 18.7. The smallest absolute Gasteiger partial charge is 0.305 e. The lowest BCUT2D eigenvalue weighted by Gasteiger charge is -2.29. The second-order valence-corrected chi connectivity index (χ2v) is 18.0. The topological polar surface area (TPSA) is 183 Å². The Morgan fingerprint density at radius 1 is 0.710 bits per heavy atom. The van der Waals surface area contributed by atoms with Crippen molar-refractivity contribution in [1.82, 2.24) is 25.0 Å². The highest BCUT2D eigenvalue weighted by Crippen LogP contribution is 2.34. The molecule has 3 aliphatic rings. The quantitative estimate of drug-likeness (QED) is 0.0706. The third-order valence-electron chi connectivity index (χ3n) is 13.2. The molecular formula is C53H67N7O9. The summed E-state index contributed by atoms with van der Waals surface area (Å²) in [5.41, 5.74) is 6.40. The van der Waals surface area contributed by atoms with E-state index in [1.807, 2.05) is 30.3 Å². The monoisotopic (exact) mass is 946 g/mol. The molecular weight excluding hydrogens is 879 g/mol. The first-order chi connectivity index (χ1) is 33.5. The lowest BCUT2D eigenvalue weighted by Crippen LogP contribution is -2.47. The van der Waals surface area contributed by atoms with E-state index in [-0.39, 0.29) is 48.7 Å². The zero-order chi connectivity index (χ0) is 48.5. The number of benzene rings is 3. The number of pyridine rings is 1. The molecule has 0 saturated carbocycles. The second kappa shape index (κ2) is 25.4. The highest BCUT2D eigenvalue weighted by Gasteiger charge is 2.33. The van der Waals surface area contributed by atoms with Crippen molar-refractivity contribution in [2.75, 3.05) is 103 Å². The van der Waals surface area contributed by atoms with Gasteiger partial charge in [-0.05, 0) is 118 Å². The van der Waals surface area contributed by atoms with E-state index in [4.69, 9.17) is 24.3 Å². The molecule has 7 rings (SSSR count). The van der Waals surface area contributed by atoms with Crippen LogP contribution in [-0.4, -0.2) is 153 Å². The molecule has 4 aromatic rings. The van der Waals surface area contributed by atoms with E-state index in [2.05, 4.69) is 32.6 Å². The van der Waals surface area contributed by atoms with Crippen LogP contribution in [0.1, 0.15) is 99.6 Å². The highest BCUT2D eigenvalue weighted by molar-refractivity contribution is 6.08. The average molecular weight is 946 g/mol. The molecule has 2 aliphatic heterocycles. The Balaban J connectivity index is 0.936. The van der Waals surface area contributed by atoms with Gasteiger partial charge in [-0.3, -0.25) is 33.9 Å². The minimum Gasteiger partial charge on any atom is -0.481 e. The summed E-state index contributed by atoms with van der Waals surface area (Å²) in [6.45, 7) is 5.83. The summed E-state index contributed by atoms with van der Waals surface area (Å²) in [5.74, 6) is -1.70. The number of hydrogen-bond donors (Lipinski definition) is 3. The maximum Gasteiger partial charge on any atom is 0.305 e. The number of fused-ring (bicyclic) bond motifs is 1. The number of aliphatic carboxylic acids is 1. The van der Waals surface area contributed by atoms with Crippen LogP contribution in [0.4, 0.5) is 11.4 Å². The number of carboxylic acids is 1. The number of anilines is 2. The highest BCUT2D eigenvalue weighted by atomic mass is 16.5. The lowest BCUT2D eigenvalue weighted by molar-refractivity contribution is -0.138. The third-order valence-corrected chi connectivity index (χ3v) is 13.2. The predicted molar refractivity (Wildman–Crippen MR) is 264 cm³/mol. The molecule has 0 spiro atoms. The number of ether oxygens (including phenoxy) is 3. The van der Waals surface area contributed by atoms with E-state index in [1.54, 1.807) is 66.5 Å². The van der Waals surface area contributed by atoms with E-state index in [0.29, 0.717) is 86.3 Å². The van der Waals surface area contributed by atoms with E-state index in [0.717, 1.165) is 75.8 Å². The molecule has 3 N–H and O–H groups in total. The van der Waals surface area contributed by atoms with Crippen molar-refractivity contribution in [3.05, 3.63) is 113 Å². The molecule has 69 heavy (non-hydrogen) atoms. The van der Waals surface area contributed by atoms with Crippen molar-refractivity contribution < 1.29 is 43.3 Å². The SMILES string of the molecule is CN(CCN1CCCC1C(=O)N(C)CCOCCOCCOCCC(=O)O)C(=O)c1cccc(C(=O)Nc2ccc(N3CCCCC3)cc2-c2cc(C(=O)NC3CCCc4ccccc43)ccn2)c1. The summed E-state index contributed by atoms with van der Waals surface area (Å²) in [7, 11) is 3.50. The Morgan fingerprint density at radius 2 is 1.45 bits per heavy atom. The molecule has 2 saturated heterocycles. The summed E-state index contributed by atoms with van der Waals surface area (Å²) in [6, 6.07) is 24.1. The van der Waals surface area contributed by atoms with Crippen molar-refractivity contribution in [1.29, 1.82) is 0 Å². The first-order valence-electron chi connectivity index (χ1n) is 24.4. The van der Waals surface area contributed by atoms with Gasteiger partial charge in [0.25, 0.3) is 17.7 Å². The van der Waals surface area contributed by atoms with Gasteiger partial charge in [-0.2, -0.15) is 0 Å². The molecule has 16 heteroatoms. The van der Waals surface area contributed by atoms with Gasteiger partial charge in [-0.15, -0.1) is 0 Å². The minimum absolute atomic E-state index is 0.0120. The summed E-state index contributed by atoms with van der Waals surface area (Å²) >= 11 is 0. The first-order valence-corrected chi connectivity index (χ1v) is 24.4. The summed E-state index contributed by atoms with van der Waals surface area (Å²) < 4.78 is 16.3. The van der Waals surface area contributed by atoms with Gasteiger partial charge in [0.05, 0.1) is 69.5 Å². The fraction of sp³-hybridized carbons (Fsp3) is 0.472. The molecule has 16 nitrogen and oxygen atoms in total. The van der Waals surface area contributed by atoms with Crippen molar-refractivity contribution in [3.63, 3.8) is 0 Å². The van der Waals surface area contributed by atoms with E-state index < -0.39 is 5.97 Å². The van der Waals surface area contributed by atoms with Crippen LogP contribution in [0, 0.1) is 0 Å². The van der Waals surface area contributed by atoms with Gasteiger partial charge in [0.2, 0.25) is 5.91 Å². The zero-order valence-electron chi connectivity index (χ0n) is 40.0. The number of carbonyl (C=O) groups is 5. The van der Waals surface area contributed by atoms with Crippen molar-refractivity contribution in [3.8, 4) is 11.3 Å². The lowest BCUT2D eigenvalue weighted by atomic mass is 9.87. The number of nitrogens with zero attached hydrogens (tertiary/aromatic N) is 5.